The molecule has 0 spiro atoms. The lowest BCUT2D eigenvalue weighted by Crippen LogP contribution is -2.16. The van der Waals surface area contributed by atoms with Crippen LogP contribution in [-0.2, 0) is 11.3 Å². The Morgan fingerprint density at radius 1 is 1.04 bits per heavy atom. The molecule has 3 nitrogen and oxygen atoms in total. The van der Waals surface area contributed by atoms with Crippen LogP contribution in [-0.4, -0.2) is 24.2 Å². The van der Waals surface area contributed by atoms with Gasteiger partial charge < -0.3 is 10.1 Å². The molecule has 0 amide bonds. The van der Waals surface area contributed by atoms with Crippen molar-refractivity contribution >= 4 is 10.8 Å². The number of rotatable bonds is 4. The van der Waals surface area contributed by atoms with Crippen molar-refractivity contribution in [3.63, 3.8) is 0 Å². The highest BCUT2D eigenvalue weighted by molar-refractivity contribution is 5.96. The van der Waals surface area contributed by atoms with Crippen LogP contribution in [0.5, 0.6) is 0 Å². The van der Waals surface area contributed by atoms with Gasteiger partial charge in [0, 0.05) is 24.3 Å². The molecule has 23 heavy (non-hydrogen) atoms. The quantitative estimate of drug-likeness (QED) is 0.796. The zero-order chi connectivity index (χ0) is 15.5. The Hall–Kier alpha value is -2.23. The zero-order valence-electron chi connectivity index (χ0n) is 13.0. The minimum Gasteiger partial charge on any atom is -0.372 e. The molecule has 1 aromatic heterocycles. The summed E-state index contributed by atoms with van der Waals surface area (Å²) in [4.78, 5) is 4.23. The average molecular weight is 304 g/mol. The first kappa shape index (κ1) is 14.4. The Morgan fingerprint density at radius 3 is 2.87 bits per heavy atom. The van der Waals surface area contributed by atoms with E-state index in [2.05, 4.69) is 58.8 Å². The fourth-order valence-corrected chi connectivity index (χ4v) is 3.24. The molecule has 0 aliphatic carbocycles. The van der Waals surface area contributed by atoms with E-state index in [9.17, 15) is 0 Å². The fourth-order valence-electron chi connectivity index (χ4n) is 3.24. The Kier molecular flexibility index (Phi) is 4.05. The van der Waals surface area contributed by atoms with Gasteiger partial charge in [-0.2, -0.15) is 0 Å². The van der Waals surface area contributed by atoms with Crippen molar-refractivity contribution in [2.45, 2.75) is 19.1 Å². The van der Waals surface area contributed by atoms with Crippen LogP contribution < -0.4 is 5.32 Å². The Labute approximate surface area is 136 Å². The molecule has 1 atom stereocenters. The Bertz CT molecular complexity index is 804. The summed E-state index contributed by atoms with van der Waals surface area (Å²) in [6.45, 7) is 2.68. The molecule has 1 saturated heterocycles. The predicted molar refractivity (Wildman–Crippen MR) is 93.2 cm³/mol. The van der Waals surface area contributed by atoms with Crippen LogP contribution in [0, 0.1) is 0 Å². The molecule has 3 heteroatoms. The van der Waals surface area contributed by atoms with E-state index in [4.69, 9.17) is 4.74 Å². The molecule has 1 aliphatic heterocycles. The number of pyridine rings is 1. The fraction of sp³-hybridized carbons (Fsp3) is 0.250. The van der Waals surface area contributed by atoms with Crippen LogP contribution in [0.15, 0.2) is 60.9 Å². The van der Waals surface area contributed by atoms with Gasteiger partial charge in [0.2, 0.25) is 0 Å². The number of nitrogens with zero attached hydrogens (tertiary/aromatic N) is 1. The first-order valence-corrected chi connectivity index (χ1v) is 8.15. The van der Waals surface area contributed by atoms with E-state index in [1.165, 1.54) is 27.5 Å². The van der Waals surface area contributed by atoms with Crippen molar-refractivity contribution in [3.05, 3.63) is 66.5 Å². The Balaban J connectivity index is 1.70. The van der Waals surface area contributed by atoms with Crippen LogP contribution >= 0.6 is 0 Å². The lowest BCUT2D eigenvalue weighted by molar-refractivity contribution is 0.0545. The third-order valence-corrected chi connectivity index (χ3v) is 4.48. The number of fused-ring (bicyclic) bond motifs is 1. The van der Waals surface area contributed by atoms with Crippen molar-refractivity contribution in [2.24, 2.45) is 0 Å². The Morgan fingerprint density at radius 2 is 1.96 bits per heavy atom. The van der Waals surface area contributed by atoms with E-state index in [1.807, 2.05) is 12.4 Å². The molecule has 4 rings (SSSR count). The minimum atomic E-state index is 0.333. The van der Waals surface area contributed by atoms with Crippen molar-refractivity contribution in [1.29, 1.82) is 0 Å². The van der Waals surface area contributed by atoms with Gasteiger partial charge >= 0.3 is 0 Å². The second-order valence-electron chi connectivity index (χ2n) is 5.99. The number of benzene rings is 2. The maximum absolute atomic E-state index is 6.09. The van der Waals surface area contributed by atoms with E-state index < -0.39 is 0 Å². The van der Waals surface area contributed by atoms with Crippen molar-refractivity contribution in [1.82, 2.24) is 10.3 Å². The number of aromatic nitrogens is 1. The van der Waals surface area contributed by atoms with Gasteiger partial charge in [-0.05, 0) is 41.1 Å². The van der Waals surface area contributed by atoms with Gasteiger partial charge in [-0.25, -0.2) is 0 Å². The van der Waals surface area contributed by atoms with E-state index in [0.29, 0.717) is 12.7 Å². The zero-order valence-corrected chi connectivity index (χ0v) is 13.0. The van der Waals surface area contributed by atoms with Gasteiger partial charge in [0.15, 0.2) is 0 Å². The lowest BCUT2D eigenvalue weighted by atomic mass is 9.96. The minimum absolute atomic E-state index is 0.333. The summed E-state index contributed by atoms with van der Waals surface area (Å²) in [7, 11) is 0. The van der Waals surface area contributed by atoms with Crippen LogP contribution in [0.1, 0.15) is 12.0 Å². The van der Waals surface area contributed by atoms with E-state index in [0.717, 1.165) is 19.5 Å². The summed E-state index contributed by atoms with van der Waals surface area (Å²) >= 11 is 0. The lowest BCUT2D eigenvalue weighted by Gasteiger charge is -2.15. The summed E-state index contributed by atoms with van der Waals surface area (Å²) in [5, 5.41) is 5.75. The molecule has 2 heterocycles. The maximum Gasteiger partial charge on any atom is 0.0727 e. The first-order chi connectivity index (χ1) is 11.4. The molecular weight excluding hydrogens is 284 g/mol. The largest absolute Gasteiger partial charge is 0.372 e. The summed E-state index contributed by atoms with van der Waals surface area (Å²) in [6, 6.07) is 17.0. The third-order valence-electron chi connectivity index (χ3n) is 4.48. The molecule has 0 saturated carbocycles. The van der Waals surface area contributed by atoms with Crippen molar-refractivity contribution in [3.8, 4) is 11.1 Å². The summed E-state index contributed by atoms with van der Waals surface area (Å²) < 4.78 is 6.09. The number of ether oxygens (including phenoxy) is 1. The summed E-state index contributed by atoms with van der Waals surface area (Å²) in [5.74, 6) is 0. The molecular formula is C20H20N2O. The van der Waals surface area contributed by atoms with Gasteiger partial charge in [-0.15, -0.1) is 0 Å². The van der Waals surface area contributed by atoms with Crippen LogP contribution in [0.25, 0.3) is 21.9 Å². The maximum atomic E-state index is 6.09. The monoisotopic (exact) mass is 304 g/mol. The van der Waals surface area contributed by atoms with E-state index >= 15 is 0 Å². The number of nitrogens with one attached hydrogen (secondary N) is 1. The van der Waals surface area contributed by atoms with Gasteiger partial charge in [0.25, 0.3) is 0 Å². The molecule has 1 N–H and O–H groups in total. The van der Waals surface area contributed by atoms with E-state index in [1.54, 1.807) is 0 Å². The molecule has 1 aliphatic rings. The normalized spacial score (nSPS) is 17.7. The molecule has 1 unspecified atom stereocenters. The van der Waals surface area contributed by atoms with E-state index in [-0.39, 0.29) is 0 Å². The van der Waals surface area contributed by atoms with Gasteiger partial charge in [0.1, 0.15) is 0 Å². The molecule has 0 bridgehead atoms. The molecule has 2 aromatic carbocycles. The SMILES string of the molecule is c1ccc(-c2cccc3cnccc23)c(COC2CCNC2)c1. The third kappa shape index (κ3) is 2.98. The van der Waals surface area contributed by atoms with Gasteiger partial charge in [0.05, 0.1) is 12.7 Å². The van der Waals surface area contributed by atoms with Gasteiger partial charge in [-0.3, -0.25) is 4.98 Å². The van der Waals surface area contributed by atoms with Crippen molar-refractivity contribution in [2.75, 3.05) is 13.1 Å². The highest BCUT2D eigenvalue weighted by Crippen LogP contribution is 2.31. The highest BCUT2D eigenvalue weighted by Gasteiger charge is 2.16. The van der Waals surface area contributed by atoms with Crippen LogP contribution in [0.3, 0.4) is 0 Å². The second-order valence-corrected chi connectivity index (χ2v) is 5.99. The topological polar surface area (TPSA) is 34.1 Å². The van der Waals surface area contributed by atoms with Crippen molar-refractivity contribution < 1.29 is 4.74 Å². The molecule has 0 radical (unpaired) electrons. The second kappa shape index (κ2) is 6.49. The predicted octanol–water partition coefficient (Wildman–Crippen LogP) is 3.78. The molecule has 116 valence electrons. The molecule has 1 fully saturated rings. The summed E-state index contributed by atoms with van der Waals surface area (Å²) in [6.07, 6.45) is 5.21. The van der Waals surface area contributed by atoms with Crippen LogP contribution in [0.2, 0.25) is 0 Å². The highest BCUT2D eigenvalue weighted by atomic mass is 16.5. The summed E-state index contributed by atoms with van der Waals surface area (Å²) in [5.41, 5.74) is 3.73. The smallest absolute Gasteiger partial charge is 0.0727 e. The molecule has 3 aromatic rings. The number of hydrogen-bond donors (Lipinski definition) is 1. The standard InChI is InChI=1S/C20H20N2O/c1-2-6-18(16(4-1)14-23-17-8-10-22-13-17)20-7-3-5-15-12-21-11-9-19(15)20/h1-7,9,11-12,17,22H,8,10,13-14H2. The first-order valence-electron chi connectivity index (χ1n) is 8.15. The van der Waals surface area contributed by atoms with Crippen LogP contribution in [0.4, 0.5) is 0 Å². The number of hydrogen-bond acceptors (Lipinski definition) is 3. The average Bonchev–Trinajstić information content (AvgIpc) is 3.13. The van der Waals surface area contributed by atoms with Gasteiger partial charge in [-0.1, -0.05) is 42.5 Å².